The lowest BCUT2D eigenvalue weighted by Crippen LogP contribution is -2.41. The highest BCUT2D eigenvalue weighted by molar-refractivity contribution is 4.88. The van der Waals surface area contributed by atoms with Crippen molar-refractivity contribution in [1.29, 1.82) is 0 Å². The van der Waals surface area contributed by atoms with Crippen LogP contribution in [-0.4, -0.2) is 12.6 Å². The first kappa shape index (κ1) is 13.4. The Balaban J connectivity index is 1.74. The van der Waals surface area contributed by atoms with Crippen molar-refractivity contribution in [3.05, 3.63) is 0 Å². The summed E-state index contributed by atoms with van der Waals surface area (Å²) in [6.07, 6.45) is 8.89. The summed E-state index contributed by atoms with van der Waals surface area (Å²) in [6, 6.07) is 0.812. The first-order valence-corrected chi connectivity index (χ1v) is 7.72. The lowest BCUT2D eigenvalue weighted by atomic mass is 9.79. The highest BCUT2D eigenvalue weighted by atomic mass is 14.9. The second-order valence-corrected chi connectivity index (χ2v) is 7.49. The van der Waals surface area contributed by atoms with Gasteiger partial charge in [-0.25, -0.2) is 0 Å². The molecule has 0 saturated heterocycles. The minimum atomic E-state index is 0.437. The molecule has 1 nitrogen and oxygen atoms in total. The highest BCUT2D eigenvalue weighted by Crippen LogP contribution is 2.44. The molecule has 0 aromatic rings. The van der Waals surface area contributed by atoms with E-state index in [0.717, 1.165) is 23.8 Å². The molecule has 17 heavy (non-hydrogen) atoms. The SMILES string of the molecule is CC(C)C(C)(C)CNC1CCCC(C2CC2)C1. The predicted octanol–water partition coefficient (Wildman–Crippen LogP) is 4.23. The third-order valence-corrected chi connectivity index (χ3v) is 5.41. The zero-order valence-electron chi connectivity index (χ0n) is 12.3. The fraction of sp³-hybridized carbons (Fsp3) is 1.00. The highest BCUT2D eigenvalue weighted by Gasteiger charge is 2.35. The molecule has 1 N–H and O–H groups in total. The van der Waals surface area contributed by atoms with Crippen molar-refractivity contribution in [3.8, 4) is 0 Å². The number of nitrogens with one attached hydrogen (secondary N) is 1. The van der Waals surface area contributed by atoms with Crippen molar-refractivity contribution in [1.82, 2.24) is 5.32 Å². The first-order chi connectivity index (χ1) is 7.99. The second-order valence-electron chi connectivity index (χ2n) is 7.49. The van der Waals surface area contributed by atoms with E-state index in [9.17, 15) is 0 Å². The maximum Gasteiger partial charge on any atom is 0.00700 e. The Bertz CT molecular complexity index is 240. The van der Waals surface area contributed by atoms with Crippen LogP contribution in [-0.2, 0) is 0 Å². The lowest BCUT2D eigenvalue weighted by Gasteiger charge is -2.35. The van der Waals surface area contributed by atoms with Gasteiger partial charge in [0, 0.05) is 12.6 Å². The topological polar surface area (TPSA) is 12.0 Å². The number of hydrogen-bond donors (Lipinski definition) is 1. The summed E-state index contributed by atoms with van der Waals surface area (Å²) in [4.78, 5) is 0. The molecule has 0 heterocycles. The molecule has 0 radical (unpaired) electrons. The van der Waals surface area contributed by atoms with Crippen molar-refractivity contribution in [3.63, 3.8) is 0 Å². The molecular weight excluding hydrogens is 206 g/mol. The molecule has 1 heteroatoms. The predicted molar refractivity (Wildman–Crippen MR) is 75.1 cm³/mol. The van der Waals surface area contributed by atoms with Crippen LogP contribution in [0.5, 0.6) is 0 Å². The summed E-state index contributed by atoms with van der Waals surface area (Å²) in [6.45, 7) is 10.7. The zero-order valence-corrected chi connectivity index (χ0v) is 12.3. The molecular formula is C16H31N. The molecule has 2 fully saturated rings. The van der Waals surface area contributed by atoms with Gasteiger partial charge in [0.25, 0.3) is 0 Å². The van der Waals surface area contributed by atoms with Crippen molar-refractivity contribution in [2.24, 2.45) is 23.2 Å². The van der Waals surface area contributed by atoms with E-state index in [4.69, 9.17) is 0 Å². The fourth-order valence-corrected chi connectivity index (χ4v) is 3.02. The smallest absolute Gasteiger partial charge is 0.00700 e. The summed E-state index contributed by atoms with van der Waals surface area (Å²) in [5.74, 6) is 2.93. The molecule has 2 saturated carbocycles. The van der Waals surface area contributed by atoms with Gasteiger partial charge in [0.1, 0.15) is 0 Å². The van der Waals surface area contributed by atoms with E-state index in [1.54, 1.807) is 0 Å². The van der Waals surface area contributed by atoms with E-state index in [1.807, 2.05) is 0 Å². The average molecular weight is 237 g/mol. The molecule has 2 rings (SSSR count). The summed E-state index contributed by atoms with van der Waals surface area (Å²) >= 11 is 0. The van der Waals surface area contributed by atoms with E-state index in [0.29, 0.717) is 5.41 Å². The summed E-state index contributed by atoms with van der Waals surface area (Å²) in [5.41, 5.74) is 0.437. The van der Waals surface area contributed by atoms with E-state index in [1.165, 1.54) is 45.1 Å². The summed E-state index contributed by atoms with van der Waals surface area (Å²) in [5, 5.41) is 3.86. The zero-order chi connectivity index (χ0) is 12.5. The van der Waals surface area contributed by atoms with E-state index in [2.05, 4.69) is 33.0 Å². The van der Waals surface area contributed by atoms with Gasteiger partial charge in [-0.05, 0) is 48.9 Å². The molecule has 0 aromatic heterocycles. The van der Waals surface area contributed by atoms with Crippen LogP contribution in [0.2, 0.25) is 0 Å². The van der Waals surface area contributed by atoms with Gasteiger partial charge in [0.2, 0.25) is 0 Å². The number of hydrogen-bond acceptors (Lipinski definition) is 1. The van der Waals surface area contributed by atoms with Crippen LogP contribution >= 0.6 is 0 Å². The quantitative estimate of drug-likeness (QED) is 0.754. The van der Waals surface area contributed by atoms with Crippen LogP contribution in [0.15, 0.2) is 0 Å². The monoisotopic (exact) mass is 237 g/mol. The van der Waals surface area contributed by atoms with Crippen LogP contribution in [0, 0.1) is 23.2 Å². The Morgan fingerprint density at radius 3 is 2.35 bits per heavy atom. The van der Waals surface area contributed by atoms with Crippen molar-refractivity contribution < 1.29 is 0 Å². The fourth-order valence-electron chi connectivity index (χ4n) is 3.02. The van der Waals surface area contributed by atoms with Gasteiger partial charge in [-0.2, -0.15) is 0 Å². The van der Waals surface area contributed by atoms with Gasteiger partial charge in [-0.15, -0.1) is 0 Å². The third kappa shape index (κ3) is 3.71. The molecule has 2 unspecified atom stereocenters. The van der Waals surface area contributed by atoms with Gasteiger partial charge in [-0.1, -0.05) is 40.5 Å². The lowest BCUT2D eigenvalue weighted by molar-refractivity contribution is 0.197. The van der Waals surface area contributed by atoms with E-state index in [-0.39, 0.29) is 0 Å². The second kappa shape index (κ2) is 5.30. The maximum atomic E-state index is 3.86. The minimum absolute atomic E-state index is 0.437. The molecule has 2 aliphatic carbocycles. The minimum Gasteiger partial charge on any atom is -0.313 e. The van der Waals surface area contributed by atoms with Crippen LogP contribution < -0.4 is 5.32 Å². The number of rotatable bonds is 5. The van der Waals surface area contributed by atoms with Gasteiger partial charge in [-0.3, -0.25) is 0 Å². The summed E-state index contributed by atoms with van der Waals surface area (Å²) in [7, 11) is 0. The molecule has 0 spiro atoms. The van der Waals surface area contributed by atoms with Crippen molar-refractivity contribution in [2.75, 3.05) is 6.54 Å². The Labute approximate surface area is 108 Å². The molecule has 2 atom stereocenters. The van der Waals surface area contributed by atoms with Crippen LogP contribution in [0.25, 0.3) is 0 Å². The Kier molecular flexibility index (Phi) is 4.18. The third-order valence-electron chi connectivity index (χ3n) is 5.41. The van der Waals surface area contributed by atoms with E-state index >= 15 is 0 Å². The van der Waals surface area contributed by atoms with E-state index < -0.39 is 0 Å². The van der Waals surface area contributed by atoms with Crippen molar-refractivity contribution >= 4 is 0 Å². The van der Waals surface area contributed by atoms with Gasteiger partial charge in [0.05, 0.1) is 0 Å². The van der Waals surface area contributed by atoms with Gasteiger partial charge < -0.3 is 5.32 Å². The standard InChI is InChI=1S/C16H31N/c1-12(2)16(3,4)11-17-15-7-5-6-14(10-15)13-8-9-13/h12-15,17H,5-11H2,1-4H3. The van der Waals surface area contributed by atoms with Crippen LogP contribution in [0.1, 0.15) is 66.2 Å². The van der Waals surface area contributed by atoms with Crippen LogP contribution in [0.4, 0.5) is 0 Å². The van der Waals surface area contributed by atoms with Crippen LogP contribution in [0.3, 0.4) is 0 Å². The molecule has 0 aliphatic heterocycles. The molecule has 0 amide bonds. The van der Waals surface area contributed by atoms with Gasteiger partial charge in [0.15, 0.2) is 0 Å². The molecule has 0 bridgehead atoms. The largest absolute Gasteiger partial charge is 0.313 e. The molecule has 100 valence electrons. The average Bonchev–Trinajstić information content (AvgIpc) is 3.10. The molecule has 0 aromatic carbocycles. The first-order valence-electron chi connectivity index (χ1n) is 7.72. The normalized spacial score (nSPS) is 30.9. The molecule has 2 aliphatic rings. The maximum absolute atomic E-state index is 3.86. The van der Waals surface area contributed by atoms with Gasteiger partial charge >= 0.3 is 0 Å². The summed E-state index contributed by atoms with van der Waals surface area (Å²) < 4.78 is 0. The Morgan fingerprint density at radius 2 is 1.76 bits per heavy atom. The Morgan fingerprint density at radius 1 is 1.06 bits per heavy atom. The van der Waals surface area contributed by atoms with Crippen molar-refractivity contribution in [2.45, 2.75) is 72.3 Å². The Hall–Kier alpha value is -0.0400.